The zero-order valence-electron chi connectivity index (χ0n) is 14.0. The molecule has 0 unspecified atom stereocenters. The fourth-order valence-electron chi connectivity index (χ4n) is 2.58. The van der Waals surface area contributed by atoms with Crippen molar-refractivity contribution in [1.82, 2.24) is 9.97 Å². The van der Waals surface area contributed by atoms with Gasteiger partial charge in [0.1, 0.15) is 12.0 Å². The highest BCUT2D eigenvalue weighted by molar-refractivity contribution is 5.90. The van der Waals surface area contributed by atoms with Crippen LogP contribution in [-0.2, 0) is 11.3 Å². The molecule has 1 N–H and O–H groups in total. The Balaban J connectivity index is 1.75. The molecule has 0 radical (unpaired) electrons. The predicted molar refractivity (Wildman–Crippen MR) is 90.5 cm³/mol. The van der Waals surface area contributed by atoms with Crippen molar-refractivity contribution in [3.63, 3.8) is 0 Å². The van der Waals surface area contributed by atoms with Gasteiger partial charge < -0.3 is 10.1 Å². The molecule has 1 aliphatic rings. The van der Waals surface area contributed by atoms with Crippen molar-refractivity contribution in [1.29, 1.82) is 0 Å². The summed E-state index contributed by atoms with van der Waals surface area (Å²) in [5.74, 6) is 0.477. The maximum atomic E-state index is 11.8. The number of nitrogens with zero attached hydrogens (tertiary/aromatic N) is 3. The molecular weight excluding hydrogens is 324 g/mol. The van der Waals surface area contributed by atoms with E-state index < -0.39 is 4.92 Å². The van der Waals surface area contributed by atoms with Crippen molar-refractivity contribution >= 4 is 17.5 Å². The number of hydrogen-bond donors (Lipinski definition) is 1. The molecule has 25 heavy (non-hydrogen) atoms. The van der Waals surface area contributed by atoms with Crippen LogP contribution >= 0.6 is 0 Å². The zero-order chi connectivity index (χ0) is 18.0. The summed E-state index contributed by atoms with van der Waals surface area (Å²) in [4.78, 5) is 30.8. The lowest BCUT2D eigenvalue weighted by Crippen LogP contribution is -2.10. The Morgan fingerprint density at radius 1 is 1.44 bits per heavy atom. The molecule has 3 rings (SSSR count). The van der Waals surface area contributed by atoms with Gasteiger partial charge in [0.05, 0.1) is 35.5 Å². The van der Waals surface area contributed by atoms with Crippen LogP contribution in [0.2, 0.25) is 0 Å². The highest BCUT2D eigenvalue weighted by Gasteiger charge is 2.30. The molecule has 1 aliphatic carbocycles. The summed E-state index contributed by atoms with van der Waals surface area (Å²) >= 11 is 0. The van der Waals surface area contributed by atoms with Crippen LogP contribution < -0.4 is 5.32 Å². The van der Waals surface area contributed by atoms with E-state index in [1.165, 1.54) is 13.3 Å². The summed E-state index contributed by atoms with van der Waals surface area (Å²) in [6, 6.07) is 5.13. The number of nitrogens with one attached hydrogen (secondary N) is 1. The zero-order valence-corrected chi connectivity index (χ0v) is 14.0. The predicted octanol–water partition coefficient (Wildman–Crippen LogP) is 2.97. The van der Waals surface area contributed by atoms with Gasteiger partial charge in [-0.2, -0.15) is 0 Å². The maximum absolute atomic E-state index is 11.8. The average molecular weight is 342 g/mol. The van der Waals surface area contributed by atoms with E-state index in [0.29, 0.717) is 29.4 Å². The Morgan fingerprint density at radius 3 is 2.80 bits per heavy atom. The smallest absolute Gasteiger partial charge is 0.339 e. The summed E-state index contributed by atoms with van der Waals surface area (Å²) in [6.07, 6.45) is 3.29. The topological polar surface area (TPSA) is 107 Å². The molecule has 0 spiro atoms. The second-order valence-electron chi connectivity index (χ2n) is 5.97. The third-order valence-corrected chi connectivity index (χ3v) is 4.08. The van der Waals surface area contributed by atoms with Crippen molar-refractivity contribution in [2.24, 2.45) is 0 Å². The van der Waals surface area contributed by atoms with Gasteiger partial charge in [0.25, 0.3) is 5.69 Å². The number of hydrogen-bond acceptors (Lipinski definition) is 7. The number of aromatic nitrogens is 2. The SMILES string of the molecule is COC(=O)c1ccc(CNc2cc(C)c([N+](=O)[O-])cn2)nc1C1CC1. The molecule has 8 nitrogen and oxygen atoms in total. The summed E-state index contributed by atoms with van der Waals surface area (Å²) in [6.45, 7) is 2.07. The van der Waals surface area contributed by atoms with Gasteiger partial charge in [-0.3, -0.25) is 15.1 Å². The number of methoxy groups -OCH3 is 1. The molecule has 0 aliphatic heterocycles. The van der Waals surface area contributed by atoms with Gasteiger partial charge in [-0.25, -0.2) is 9.78 Å². The van der Waals surface area contributed by atoms with E-state index in [4.69, 9.17) is 4.74 Å². The van der Waals surface area contributed by atoms with E-state index in [-0.39, 0.29) is 11.7 Å². The van der Waals surface area contributed by atoms with Crippen molar-refractivity contribution in [2.75, 3.05) is 12.4 Å². The van der Waals surface area contributed by atoms with Crippen LogP contribution in [0.25, 0.3) is 0 Å². The first-order chi connectivity index (χ1) is 12.0. The Kier molecular flexibility index (Phi) is 4.60. The molecule has 0 saturated heterocycles. The van der Waals surface area contributed by atoms with E-state index in [1.54, 1.807) is 25.1 Å². The number of esters is 1. The van der Waals surface area contributed by atoms with Crippen molar-refractivity contribution in [3.8, 4) is 0 Å². The fraction of sp³-hybridized carbons (Fsp3) is 0.353. The van der Waals surface area contributed by atoms with Crippen molar-refractivity contribution in [3.05, 3.63) is 57.0 Å². The standard InChI is InChI=1S/C17H18N4O4/c1-10-7-15(19-9-14(10)21(23)24)18-8-12-5-6-13(17(22)25-2)16(20-12)11-3-4-11/h5-7,9,11H,3-4,8H2,1-2H3,(H,18,19). The lowest BCUT2D eigenvalue weighted by molar-refractivity contribution is -0.385. The lowest BCUT2D eigenvalue weighted by atomic mass is 10.1. The van der Waals surface area contributed by atoms with Gasteiger partial charge in [0.15, 0.2) is 0 Å². The van der Waals surface area contributed by atoms with E-state index in [0.717, 1.165) is 24.2 Å². The van der Waals surface area contributed by atoms with Crippen LogP contribution in [0, 0.1) is 17.0 Å². The monoisotopic (exact) mass is 342 g/mol. The van der Waals surface area contributed by atoms with Gasteiger partial charge in [-0.15, -0.1) is 0 Å². The fourth-order valence-corrected chi connectivity index (χ4v) is 2.58. The maximum Gasteiger partial charge on any atom is 0.339 e. The summed E-state index contributed by atoms with van der Waals surface area (Å²) < 4.78 is 4.81. The Morgan fingerprint density at radius 2 is 2.20 bits per heavy atom. The van der Waals surface area contributed by atoms with E-state index in [2.05, 4.69) is 15.3 Å². The summed E-state index contributed by atoms with van der Waals surface area (Å²) in [7, 11) is 1.36. The van der Waals surface area contributed by atoms with Crippen LogP contribution in [0.3, 0.4) is 0 Å². The minimum atomic E-state index is -0.457. The second-order valence-corrected chi connectivity index (χ2v) is 5.97. The van der Waals surface area contributed by atoms with Crippen LogP contribution in [-0.4, -0.2) is 28.0 Å². The Bertz CT molecular complexity index is 833. The largest absolute Gasteiger partial charge is 0.465 e. The molecule has 0 bridgehead atoms. The summed E-state index contributed by atoms with van der Waals surface area (Å²) in [5, 5.41) is 13.9. The Hall–Kier alpha value is -3.03. The third kappa shape index (κ3) is 3.73. The minimum absolute atomic E-state index is 0.0119. The molecule has 0 aromatic carbocycles. The number of aryl methyl sites for hydroxylation is 1. The molecule has 0 amide bonds. The van der Waals surface area contributed by atoms with Crippen LogP contribution in [0.5, 0.6) is 0 Å². The van der Waals surface area contributed by atoms with Crippen molar-refractivity contribution < 1.29 is 14.5 Å². The number of pyridine rings is 2. The first kappa shape index (κ1) is 16.8. The minimum Gasteiger partial charge on any atom is -0.465 e. The lowest BCUT2D eigenvalue weighted by Gasteiger charge is -2.10. The van der Waals surface area contributed by atoms with Gasteiger partial charge in [0.2, 0.25) is 0 Å². The summed E-state index contributed by atoms with van der Waals surface area (Å²) in [5.41, 5.74) is 2.58. The number of ether oxygens (including phenoxy) is 1. The first-order valence-corrected chi connectivity index (χ1v) is 7.92. The molecule has 130 valence electrons. The van der Waals surface area contributed by atoms with E-state index >= 15 is 0 Å². The molecular formula is C17H18N4O4. The molecule has 2 heterocycles. The second kappa shape index (κ2) is 6.84. The number of carbonyl (C=O) groups is 1. The molecule has 1 saturated carbocycles. The van der Waals surface area contributed by atoms with E-state index in [1.807, 2.05) is 0 Å². The highest BCUT2D eigenvalue weighted by Crippen LogP contribution is 2.40. The third-order valence-electron chi connectivity index (χ3n) is 4.08. The average Bonchev–Trinajstić information content (AvgIpc) is 3.43. The van der Waals surface area contributed by atoms with Crippen LogP contribution in [0.15, 0.2) is 24.4 Å². The number of anilines is 1. The molecule has 8 heteroatoms. The van der Waals surface area contributed by atoms with Gasteiger partial charge >= 0.3 is 5.97 Å². The number of carbonyl (C=O) groups excluding carboxylic acids is 1. The Labute approximate surface area is 144 Å². The normalized spacial score (nSPS) is 13.4. The van der Waals surface area contributed by atoms with Crippen LogP contribution in [0.1, 0.15) is 46.1 Å². The van der Waals surface area contributed by atoms with Crippen LogP contribution in [0.4, 0.5) is 11.5 Å². The van der Waals surface area contributed by atoms with Crippen molar-refractivity contribution in [2.45, 2.75) is 32.2 Å². The number of nitro groups is 1. The molecule has 0 atom stereocenters. The number of rotatable bonds is 6. The highest BCUT2D eigenvalue weighted by atomic mass is 16.6. The first-order valence-electron chi connectivity index (χ1n) is 7.92. The molecule has 2 aromatic heterocycles. The van der Waals surface area contributed by atoms with Gasteiger partial charge in [-0.05, 0) is 38.0 Å². The van der Waals surface area contributed by atoms with Gasteiger partial charge in [-0.1, -0.05) is 0 Å². The van der Waals surface area contributed by atoms with Gasteiger partial charge in [0, 0.05) is 11.5 Å². The van der Waals surface area contributed by atoms with E-state index in [9.17, 15) is 14.9 Å². The molecule has 1 fully saturated rings. The quantitative estimate of drug-likeness (QED) is 0.488. The molecule has 2 aromatic rings.